The highest BCUT2D eigenvalue weighted by Crippen LogP contribution is 2.54. The van der Waals surface area contributed by atoms with Gasteiger partial charge >= 0.3 is 0 Å². The first-order chi connectivity index (χ1) is 32.2. The van der Waals surface area contributed by atoms with Crippen LogP contribution in [0.4, 0.5) is 0 Å². The Kier molecular flexibility index (Phi) is 9.16. The molecule has 5 nitrogen and oxygen atoms in total. The fourth-order valence-electron chi connectivity index (χ4n) is 10.1. The monoisotopic (exact) mass is 867 g/mol. The number of hydrogen-bond donors (Lipinski definition) is 0. The molecule has 2 aromatic heterocycles. The zero-order chi connectivity index (χ0) is 44.6. The second-order valence-electron chi connectivity index (χ2n) is 17.6. The van der Waals surface area contributed by atoms with Crippen LogP contribution in [0.2, 0.25) is 0 Å². The fraction of sp³-hybridized carbons (Fsp3) is 0.0500. The molecule has 0 fully saturated rings. The smallest absolute Gasteiger partial charge is 0.207 e. The van der Waals surface area contributed by atoms with Crippen LogP contribution in [0.5, 0.6) is 0 Å². The van der Waals surface area contributed by atoms with Gasteiger partial charge in [0.1, 0.15) is 0 Å². The second-order valence-corrected chi connectivity index (χ2v) is 19.4. The third kappa shape index (κ3) is 6.36. The van der Waals surface area contributed by atoms with E-state index < -0.39 is 15.3 Å². The van der Waals surface area contributed by atoms with Gasteiger partial charge in [-0.05, 0) is 103 Å². The molecule has 0 saturated carbocycles. The number of hydrogen-bond acceptors (Lipinski definition) is 5. The molecular weight excluding hydrogens is 827 g/mol. The van der Waals surface area contributed by atoms with Crippen molar-refractivity contribution in [1.29, 1.82) is 0 Å². The van der Waals surface area contributed by atoms with Crippen LogP contribution in [-0.4, -0.2) is 23.4 Å². The van der Waals surface area contributed by atoms with Gasteiger partial charge in [-0.3, -0.25) is 4.98 Å². The Hall–Kier alpha value is -8.06. The third-order valence-electron chi connectivity index (χ3n) is 13.4. The quantitative estimate of drug-likeness (QED) is 0.176. The van der Waals surface area contributed by atoms with Crippen molar-refractivity contribution in [2.24, 2.45) is 0 Å². The van der Waals surface area contributed by atoms with Crippen LogP contribution in [0, 0.1) is 0 Å². The van der Waals surface area contributed by atoms with E-state index in [0.717, 1.165) is 83.6 Å². The van der Waals surface area contributed by atoms with E-state index in [9.17, 15) is 0 Å². The van der Waals surface area contributed by atoms with E-state index in [0.29, 0.717) is 22.6 Å². The van der Waals surface area contributed by atoms with Gasteiger partial charge in [-0.1, -0.05) is 178 Å². The molecule has 12 rings (SSSR count). The Bertz CT molecular complexity index is 3680. The number of benzene rings is 8. The molecule has 1 aliphatic heterocycles. The van der Waals surface area contributed by atoms with Crippen LogP contribution in [-0.2, 0) is 15.3 Å². The molecule has 0 bridgehead atoms. The lowest BCUT2D eigenvalue weighted by Crippen LogP contribution is -2.16. The maximum absolute atomic E-state index is 15.9. The standard InChI is InChI=1S/C60H41N3O2S/c1-60(2)53-24-12-10-22-48(53)51-34-52-50-33-41(56-36-55(39-15-4-3-5-16-39)62-59(63-56)40-28-26-38(27-29-40)42-17-14-32-61-37-42)30-31-47(50)45-20-7-6-18-43(45)44-19-8-9-21-46(44)49-23-11-13-25-57(49)66(64,65)58(52)35-54(51)60/h3-37H,1-2H3. The van der Waals surface area contributed by atoms with Crippen molar-refractivity contribution in [2.75, 3.05) is 0 Å². The van der Waals surface area contributed by atoms with Gasteiger partial charge in [-0.2, -0.15) is 0 Å². The number of nitrogens with zero attached hydrogens (tertiary/aromatic N) is 3. The summed E-state index contributed by atoms with van der Waals surface area (Å²) >= 11 is 0. The molecule has 66 heavy (non-hydrogen) atoms. The predicted octanol–water partition coefficient (Wildman–Crippen LogP) is 14.7. The maximum atomic E-state index is 15.9. The summed E-state index contributed by atoms with van der Waals surface area (Å²) in [6, 6.07) is 67.4. The summed E-state index contributed by atoms with van der Waals surface area (Å²) in [7, 11) is -4.16. The fourth-order valence-corrected chi connectivity index (χ4v) is 11.8. The Labute approximate surface area is 384 Å². The number of fused-ring (bicyclic) bond motifs is 12. The second kappa shape index (κ2) is 15.3. The van der Waals surface area contributed by atoms with Gasteiger partial charge in [0.15, 0.2) is 5.82 Å². The van der Waals surface area contributed by atoms with Gasteiger partial charge in [0.25, 0.3) is 0 Å². The molecule has 314 valence electrons. The van der Waals surface area contributed by atoms with Gasteiger partial charge in [-0.25, -0.2) is 18.4 Å². The van der Waals surface area contributed by atoms with Crippen LogP contribution in [0.15, 0.2) is 222 Å². The average Bonchev–Trinajstić information content (AvgIpc) is 3.60. The van der Waals surface area contributed by atoms with Crippen molar-refractivity contribution >= 4 is 9.84 Å². The number of sulfone groups is 1. The van der Waals surface area contributed by atoms with Crippen molar-refractivity contribution < 1.29 is 8.42 Å². The van der Waals surface area contributed by atoms with Crippen molar-refractivity contribution in [2.45, 2.75) is 29.1 Å². The van der Waals surface area contributed by atoms with E-state index in [1.54, 1.807) is 12.3 Å². The molecule has 2 aliphatic rings. The SMILES string of the molecule is CC1(C)c2ccccc2-c2cc3c(cc21)S(=O)(=O)c1ccccc1-c1ccccc1-c1ccccc1-c1ccc(-c2cc(-c4ccccc4)nc(-c4ccc(-c5cccnc5)cc4)n2)cc1-3. The van der Waals surface area contributed by atoms with Crippen LogP contribution in [0.3, 0.4) is 0 Å². The zero-order valence-electron chi connectivity index (χ0n) is 36.3. The minimum Gasteiger partial charge on any atom is -0.264 e. The predicted molar refractivity (Wildman–Crippen MR) is 266 cm³/mol. The van der Waals surface area contributed by atoms with Crippen molar-refractivity contribution in [3.63, 3.8) is 0 Å². The Morgan fingerprint density at radius 3 is 1.59 bits per heavy atom. The van der Waals surface area contributed by atoms with E-state index in [4.69, 9.17) is 9.97 Å². The van der Waals surface area contributed by atoms with Gasteiger partial charge < -0.3 is 0 Å². The number of aromatic nitrogens is 3. The van der Waals surface area contributed by atoms with Crippen LogP contribution in [0.25, 0.3) is 101 Å². The van der Waals surface area contributed by atoms with Crippen molar-refractivity contribution in [3.05, 3.63) is 224 Å². The van der Waals surface area contributed by atoms with Gasteiger partial charge in [0, 0.05) is 45.6 Å². The zero-order valence-corrected chi connectivity index (χ0v) is 37.1. The lowest BCUT2D eigenvalue weighted by atomic mass is 9.81. The van der Waals surface area contributed by atoms with E-state index in [2.05, 4.69) is 134 Å². The molecule has 6 heteroatoms. The topological polar surface area (TPSA) is 72.8 Å². The first-order valence-electron chi connectivity index (χ1n) is 22.2. The molecule has 0 spiro atoms. The third-order valence-corrected chi connectivity index (χ3v) is 15.3. The van der Waals surface area contributed by atoms with Crippen LogP contribution in [0.1, 0.15) is 25.0 Å². The normalized spacial score (nSPS) is 13.7. The van der Waals surface area contributed by atoms with E-state index >= 15 is 8.42 Å². The lowest BCUT2D eigenvalue weighted by molar-refractivity contribution is 0.596. The average molecular weight is 868 g/mol. The molecule has 0 amide bonds. The first kappa shape index (κ1) is 39.5. The largest absolute Gasteiger partial charge is 0.264 e. The minimum absolute atomic E-state index is 0.270. The Morgan fingerprint density at radius 2 is 0.909 bits per heavy atom. The van der Waals surface area contributed by atoms with Crippen molar-refractivity contribution in [1.82, 2.24) is 15.0 Å². The van der Waals surface area contributed by atoms with E-state index in [1.807, 2.05) is 85.1 Å². The van der Waals surface area contributed by atoms with Gasteiger partial charge in [0.2, 0.25) is 9.84 Å². The maximum Gasteiger partial charge on any atom is 0.207 e. The summed E-state index contributed by atoms with van der Waals surface area (Å²) in [4.78, 5) is 15.3. The summed E-state index contributed by atoms with van der Waals surface area (Å²) < 4.78 is 31.7. The Balaban J connectivity index is 1.16. The molecular formula is C60H41N3O2S. The summed E-state index contributed by atoms with van der Waals surface area (Å²) in [6.45, 7) is 4.38. The van der Waals surface area contributed by atoms with Gasteiger partial charge in [0.05, 0.1) is 21.2 Å². The highest BCUT2D eigenvalue weighted by atomic mass is 32.2. The van der Waals surface area contributed by atoms with E-state index in [-0.39, 0.29) is 9.79 Å². The molecule has 0 radical (unpaired) electrons. The Morgan fingerprint density at radius 1 is 0.364 bits per heavy atom. The minimum atomic E-state index is -4.16. The molecule has 0 N–H and O–H groups in total. The van der Waals surface area contributed by atoms with E-state index in [1.165, 1.54) is 5.56 Å². The molecule has 1 aliphatic carbocycles. The lowest BCUT2D eigenvalue weighted by Gasteiger charge is -2.24. The van der Waals surface area contributed by atoms with Gasteiger partial charge in [-0.15, -0.1) is 0 Å². The molecule has 3 heterocycles. The number of rotatable bonds is 4. The van der Waals surface area contributed by atoms with Crippen LogP contribution < -0.4 is 0 Å². The highest BCUT2D eigenvalue weighted by molar-refractivity contribution is 7.91. The summed E-state index contributed by atoms with van der Waals surface area (Å²) in [6.07, 6.45) is 3.63. The summed E-state index contributed by atoms with van der Waals surface area (Å²) in [5.41, 5.74) is 16.9. The highest BCUT2D eigenvalue weighted by Gasteiger charge is 2.39. The molecule has 0 atom stereocenters. The summed E-state index contributed by atoms with van der Waals surface area (Å²) in [5.74, 6) is 0.582. The van der Waals surface area contributed by atoms with Crippen molar-refractivity contribution in [3.8, 4) is 101 Å². The first-order valence-corrected chi connectivity index (χ1v) is 23.6. The summed E-state index contributed by atoms with van der Waals surface area (Å²) in [5, 5.41) is 0. The molecule has 0 saturated heterocycles. The molecule has 10 aromatic rings. The molecule has 8 aromatic carbocycles. The van der Waals surface area contributed by atoms with Crippen LogP contribution >= 0.6 is 0 Å². The molecule has 0 unspecified atom stereocenters. The number of pyridine rings is 1.